The molecule has 0 aliphatic heterocycles. The van der Waals surface area contributed by atoms with Crippen molar-refractivity contribution in [2.45, 2.75) is 68.8 Å². The van der Waals surface area contributed by atoms with Crippen molar-refractivity contribution in [2.24, 2.45) is 5.73 Å². The normalized spacial score (nSPS) is 21.9. The molecule has 2 aromatic rings. The first kappa shape index (κ1) is 20.6. The lowest BCUT2D eigenvalue weighted by Gasteiger charge is -2.26. The molecule has 1 fully saturated rings. The minimum Gasteiger partial charge on any atom is -0.328 e. The predicted molar refractivity (Wildman–Crippen MR) is 106 cm³/mol. The number of hydrogen-bond acceptors (Lipinski definition) is 5. The summed E-state index contributed by atoms with van der Waals surface area (Å²) in [5.41, 5.74) is 6.70. The first-order valence-electron chi connectivity index (χ1n) is 8.34. The molecule has 1 aliphatic carbocycles. The van der Waals surface area contributed by atoms with Crippen LogP contribution in [0.3, 0.4) is 0 Å². The summed E-state index contributed by atoms with van der Waals surface area (Å²) >= 11 is 1.56. The van der Waals surface area contributed by atoms with Crippen molar-refractivity contribution in [3.05, 3.63) is 23.2 Å². The monoisotopic (exact) mass is 403 g/mol. The maximum Gasteiger partial charge on any atom is 0.240 e. The number of hydrogen-bond donors (Lipinski definition) is 2. The fourth-order valence-electron chi connectivity index (χ4n) is 2.92. The molecule has 1 aromatic carbocycles. The van der Waals surface area contributed by atoms with Crippen molar-refractivity contribution in [3.63, 3.8) is 0 Å². The van der Waals surface area contributed by atoms with Crippen LogP contribution in [0.4, 0.5) is 0 Å². The van der Waals surface area contributed by atoms with Crippen LogP contribution in [0, 0.1) is 0 Å². The summed E-state index contributed by atoms with van der Waals surface area (Å²) in [6.45, 7) is 6.33. The lowest BCUT2D eigenvalue weighted by atomic mass is 9.93. The van der Waals surface area contributed by atoms with Crippen molar-refractivity contribution < 1.29 is 8.42 Å². The molecule has 5 nitrogen and oxygen atoms in total. The molecule has 0 saturated heterocycles. The largest absolute Gasteiger partial charge is 0.328 e. The van der Waals surface area contributed by atoms with Gasteiger partial charge in [0, 0.05) is 17.5 Å². The summed E-state index contributed by atoms with van der Waals surface area (Å²) in [6, 6.07) is 5.36. The molecule has 25 heavy (non-hydrogen) atoms. The van der Waals surface area contributed by atoms with Gasteiger partial charge in [0.05, 0.1) is 20.1 Å². The first-order valence-corrected chi connectivity index (χ1v) is 10.6. The molecule has 1 saturated carbocycles. The van der Waals surface area contributed by atoms with E-state index in [9.17, 15) is 8.42 Å². The van der Waals surface area contributed by atoms with Gasteiger partial charge >= 0.3 is 0 Å². The zero-order valence-corrected chi connectivity index (χ0v) is 17.2. The summed E-state index contributed by atoms with van der Waals surface area (Å²) < 4.78 is 29.1. The Balaban J connectivity index is 0.00000225. The standard InChI is InChI=1S/C17H25N3O2S2.ClH/c1-17(2,3)16-19-14-9-8-13(10-15(14)23-16)24(21,22)20-12-6-4-11(18)5-7-12;/h8-12,20H,4-7,18H2,1-3H3;1H. The molecular formula is C17H26ClN3O2S2. The van der Waals surface area contributed by atoms with Gasteiger partial charge in [-0.25, -0.2) is 18.1 Å². The van der Waals surface area contributed by atoms with E-state index in [-0.39, 0.29) is 29.9 Å². The summed E-state index contributed by atoms with van der Waals surface area (Å²) in [5.74, 6) is 0. The summed E-state index contributed by atoms with van der Waals surface area (Å²) in [6.07, 6.45) is 3.35. The quantitative estimate of drug-likeness (QED) is 0.820. The molecule has 0 radical (unpaired) electrons. The number of thiazole rings is 1. The SMILES string of the molecule is CC(C)(C)c1nc2ccc(S(=O)(=O)NC3CCC(N)CC3)cc2s1.Cl. The first-order chi connectivity index (χ1) is 11.1. The molecule has 140 valence electrons. The number of benzene rings is 1. The molecule has 8 heteroatoms. The molecule has 0 amide bonds. The predicted octanol–water partition coefficient (Wildman–Crippen LogP) is 3.56. The fraction of sp³-hybridized carbons (Fsp3) is 0.588. The van der Waals surface area contributed by atoms with Crippen LogP contribution < -0.4 is 10.5 Å². The zero-order chi connectivity index (χ0) is 17.5. The van der Waals surface area contributed by atoms with Gasteiger partial charge in [-0.3, -0.25) is 0 Å². The van der Waals surface area contributed by atoms with Crippen molar-refractivity contribution in [1.82, 2.24) is 9.71 Å². The molecule has 0 unspecified atom stereocenters. The van der Waals surface area contributed by atoms with Crippen molar-refractivity contribution in [3.8, 4) is 0 Å². The van der Waals surface area contributed by atoms with Crippen molar-refractivity contribution >= 4 is 44.0 Å². The summed E-state index contributed by atoms with van der Waals surface area (Å²) in [7, 11) is -3.51. The van der Waals surface area contributed by atoms with Crippen molar-refractivity contribution in [2.75, 3.05) is 0 Å². The number of sulfonamides is 1. The molecular weight excluding hydrogens is 378 g/mol. The Hall–Kier alpha value is -0.730. The van der Waals surface area contributed by atoms with Crippen LogP contribution in [0.15, 0.2) is 23.1 Å². The van der Waals surface area contributed by atoms with Gasteiger partial charge in [-0.05, 0) is 43.9 Å². The fourth-order valence-corrected chi connectivity index (χ4v) is 5.39. The second-order valence-corrected chi connectivity index (χ2v) is 10.4. The maximum atomic E-state index is 12.7. The van der Waals surface area contributed by atoms with Crippen LogP contribution in [-0.4, -0.2) is 25.5 Å². The number of aromatic nitrogens is 1. The average Bonchev–Trinajstić information content (AvgIpc) is 2.92. The number of fused-ring (bicyclic) bond motifs is 1. The van der Waals surface area contributed by atoms with E-state index >= 15 is 0 Å². The smallest absolute Gasteiger partial charge is 0.240 e. The molecule has 3 rings (SSSR count). The Kier molecular flexibility index (Phi) is 6.16. The van der Waals surface area contributed by atoms with Gasteiger partial charge in [0.15, 0.2) is 0 Å². The second kappa shape index (κ2) is 7.48. The highest BCUT2D eigenvalue weighted by atomic mass is 35.5. The van der Waals surface area contributed by atoms with Gasteiger partial charge in [0.25, 0.3) is 0 Å². The molecule has 1 aromatic heterocycles. The van der Waals surface area contributed by atoms with Gasteiger partial charge in [-0.2, -0.15) is 0 Å². The van der Waals surface area contributed by atoms with E-state index in [0.29, 0.717) is 4.90 Å². The Morgan fingerprint density at radius 3 is 2.44 bits per heavy atom. The van der Waals surface area contributed by atoms with Gasteiger partial charge in [-0.1, -0.05) is 20.8 Å². The van der Waals surface area contributed by atoms with E-state index in [1.54, 1.807) is 29.5 Å². The van der Waals surface area contributed by atoms with Gasteiger partial charge in [0.1, 0.15) is 0 Å². The lowest BCUT2D eigenvalue weighted by Crippen LogP contribution is -2.40. The topological polar surface area (TPSA) is 85.1 Å². The van der Waals surface area contributed by atoms with Gasteiger partial charge < -0.3 is 5.73 Å². The van der Waals surface area contributed by atoms with E-state index in [1.807, 2.05) is 0 Å². The summed E-state index contributed by atoms with van der Waals surface area (Å²) in [5, 5.41) is 1.02. The van der Waals surface area contributed by atoms with Crippen molar-refractivity contribution in [1.29, 1.82) is 0 Å². The van der Waals surface area contributed by atoms with Crippen LogP contribution in [-0.2, 0) is 15.4 Å². The highest BCUT2D eigenvalue weighted by molar-refractivity contribution is 7.89. The zero-order valence-electron chi connectivity index (χ0n) is 14.8. The minimum atomic E-state index is -3.51. The van der Waals surface area contributed by atoms with E-state index < -0.39 is 10.0 Å². The molecule has 0 spiro atoms. The van der Waals surface area contributed by atoms with Crippen LogP contribution in [0.1, 0.15) is 51.5 Å². The van der Waals surface area contributed by atoms with Crippen LogP contribution in [0.25, 0.3) is 10.2 Å². The number of nitrogens with one attached hydrogen (secondary N) is 1. The minimum absolute atomic E-state index is 0. The molecule has 0 atom stereocenters. The Labute approximate surface area is 159 Å². The third kappa shape index (κ3) is 4.71. The van der Waals surface area contributed by atoms with E-state index in [1.165, 1.54) is 0 Å². The van der Waals surface area contributed by atoms with E-state index in [2.05, 4.69) is 30.5 Å². The number of rotatable bonds is 3. The third-order valence-electron chi connectivity index (χ3n) is 4.41. The number of nitrogens with two attached hydrogens (primary N) is 1. The lowest BCUT2D eigenvalue weighted by molar-refractivity contribution is 0.373. The van der Waals surface area contributed by atoms with Gasteiger partial charge in [0.2, 0.25) is 10.0 Å². The van der Waals surface area contributed by atoms with Crippen LogP contribution >= 0.6 is 23.7 Å². The van der Waals surface area contributed by atoms with Gasteiger partial charge in [-0.15, -0.1) is 23.7 Å². The Morgan fingerprint density at radius 2 is 1.84 bits per heavy atom. The van der Waals surface area contributed by atoms with E-state index in [4.69, 9.17) is 5.73 Å². The average molecular weight is 404 g/mol. The van der Waals surface area contributed by atoms with E-state index in [0.717, 1.165) is 40.9 Å². The molecule has 1 aliphatic rings. The highest BCUT2D eigenvalue weighted by Crippen LogP contribution is 2.32. The highest BCUT2D eigenvalue weighted by Gasteiger charge is 2.25. The number of nitrogens with zero attached hydrogens (tertiary/aromatic N) is 1. The Bertz CT molecular complexity index is 835. The second-order valence-electron chi connectivity index (χ2n) is 7.63. The number of halogens is 1. The summed E-state index contributed by atoms with van der Waals surface area (Å²) in [4.78, 5) is 4.93. The molecule has 0 bridgehead atoms. The van der Waals surface area contributed by atoms with Crippen LogP contribution in [0.5, 0.6) is 0 Å². The maximum absolute atomic E-state index is 12.7. The molecule has 3 N–H and O–H groups in total. The Morgan fingerprint density at radius 1 is 1.20 bits per heavy atom. The van der Waals surface area contributed by atoms with Crippen LogP contribution in [0.2, 0.25) is 0 Å². The molecule has 1 heterocycles. The third-order valence-corrected chi connectivity index (χ3v) is 7.37.